The van der Waals surface area contributed by atoms with E-state index in [0.717, 1.165) is 42.0 Å². The third kappa shape index (κ3) is 2.89. The number of phenols is 1. The number of hydrogen-bond acceptors (Lipinski definition) is 3. The Labute approximate surface area is 125 Å². The maximum atomic E-state index is 10.5. The largest absolute Gasteiger partial charge is 0.507 e. The first kappa shape index (κ1) is 14.4. The summed E-state index contributed by atoms with van der Waals surface area (Å²) in [5, 5.41) is 26.2. The van der Waals surface area contributed by atoms with Crippen molar-refractivity contribution in [1.82, 2.24) is 5.32 Å². The molecule has 0 heterocycles. The summed E-state index contributed by atoms with van der Waals surface area (Å²) in [7, 11) is 0. The Morgan fingerprint density at radius 1 is 1.14 bits per heavy atom. The van der Waals surface area contributed by atoms with Crippen LogP contribution in [0.25, 0.3) is 10.8 Å². The Bertz CT molecular complexity index is 632. The fourth-order valence-corrected chi connectivity index (χ4v) is 3.28. The van der Waals surface area contributed by atoms with E-state index >= 15 is 0 Å². The number of hydrogen-bond donors (Lipinski definition) is 3. The molecule has 112 valence electrons. The second kappa shape index (κ2) is 5.66. The van der Waals surface area contributed by atoms with Crippen molar-refractivity contribution in [3.8, 4) is 5.75 Å². The van der Waals surface area contributed by atoms with E-state index in [-0.39, 0.29) is 6.04 Å². The van der Waals surface area contributed by atoms with E-state index in [0.29, 0.717) is 12.3 Å². The Morgan fingerprint density at radius 3 is 2.62 bits per heavy atom. The average molecular weight is 285 g/mol. The summed E-state index contributed by atoms with van der Waals surface area (Å²) in [6, 6.07) is 11.9. The van der Waals surface area contributed by atoms with Gasteiger partial charge >= 0.3 is 0 Å². The van der Waals surface area contributed by atoms with Gasteiger partial charge in [-0.25, -0.2) is 0 Å². The molecule has 3 nitrogen and oxygen atoms in total. The lowest BCUT2D eigenvalue weighted by Crippen LogP contribution is -2.39. The van der Waals surface area contributed by atoms with Crippen molar-refractivity contribution in [2.75, 3.05) is 6.54 Å². The Morgan fingerprint density at radius 2 is 1.86 bits per heavy atom. The number of rotatable bonds is 4. The number of fused-ring (bicyclic) bond motifs is 1. The van der Waals surface area contributed by atoms with Gasteiger partial charge in [-0.2, -0.15) is 0 Å². The van der Waals surface area contributed by atoms with E-state index in [1.807, 2.05) is 43.3 Å². The topological polar surface area (TPSA) is 52.5 Å². The maximum absolute atomic E-state index is 10.5. The summed E-state index contributed by atoms with van der Waals surface area (Å²) in [5.41, 5.74) is 0.316. The number of nitrogens with one attached hydrogen (secondary N) is 1. The van der Waals surface area contributed by atoms with E-state index in [4.69, 9.17) is 0 Å². The van der Waals surface area contributed by atoms with Gasteiger partial charge in [-0.15, -0.1) is 0 Å². The highest BCUT2D eigenvalue weighted by Gasteiger charge is 2.31. The molecule has 0 spiro atoms. The zero-order chi connectivity index (χ0) is 14.9. The van der Waals surface area contributed by atoms with Crippen molar-refractivity contribution in [2.24, 2.45) is 0 Å². The molecule has 2 aromatic carbocycles. The first-order valence-electron chi connectivity index (χ1n) is 7.75. The van der Waals surface area contributed by atoms with Crippen molar-refractivity contribution in [2.45, 2.75) is 44.2 Å². The molecule has 1 saturated carbocycles. The van der Waals surface area contributed by atoms with Gasteiger partial charge in [-0.05, 0) is 25.2 Å². The van der Waals surface area contributed by atoms with Gasteiger partial charge in [0.05, 0.1) is 5.60 Å². The summed E-state index contributed by atoms with van der Waals surface area (Å²) in [6.07, 6.45) is 3.95. The van der Waals surface area contributed by atoms with E-state index in [1.54, 1.807) is 0 Å². The van der Waals surface area contributed by atoms with Gasteiger partial charge in [0.2, 0.25) is 0 Å². The van der Waals surface area contributed by atoms with Crippen LogP contribution in [-0.2, 0) is 0 Å². The molecular formula is C18H23NO2. The van der Waals surface area contributed by atoms with Crippen LogP contribution in [0.15, 0.2) is 36.4 Å². The molecule has 1 aliphatic rings. The minimum Gasteiger partial charge on any atom is -0.507 e. The number of benzene rings is 2. The van der Waals surface area contributed by atoms with Crippen molar-refractivity contribution in [1.29, 1.82) is 0 Å². The Kier molecular flexibility index (Phi) is 3.87. The number of phenolic OH excluding ortho intramolecular Hbond substituents is 1. The third-order valence-corrected chi connectivity index (χ3v) is 4.67. The molecule has 3 heteroatoms. The van der Waals surface area contributed by atoms with Crippen LogP contribution in [0.4, 0.5) is 0 Å². The molecule has 0 aliphatic heterocycles. The van der Waals surface area contributed by atoms with Gasteiger partial charge in [0.25, 0.3) is 0 Å². The maximum Gasteiger partial charge on any atom is 0.128 e. The molecule has 0 aromatic heterocycles. The fraction of sp³-hybridized carbons (Fsp3) is 0.444. The molecule has 3 N–H and O–H groups in total. The summed E-state index contributed by atoms with van der Waals surface area (Å²) < 4.78 is 0. The predicted octanol–water partition coefficient (Wildman–Crippen LogP) is 3.50. The van der Waals surface area contributed by atoms with Gasteiger partial charge in [-0.3, -0.25) is 0 Å². The average Bonchev–Trinajstić information content (AvgIpc) is 2.93. The third-order valence-electron chi connectivity index (χ3n) is 4.67. The van der Waals surface area contributed by atoms with Crippen molar-refractivity contribution in [3.05, 3.63) is 42.0 Å². The highest BCUT2D eigenvalue weighted by atomic mass is 16.3. The fourth-order valence-electron chi connectivity index (χ4n) is 3.28. The van der Waals surface area contributed by atoms with E-state index in [1.165, 1.54) is 0 Å². The highest BCUT2D eigenvalue weighted by Crippen LogP contribution is 2.33. The first-order chi connectivity index (χ1) is 10.1. The Balaban J connectivity index is 1.78. The molecule has 1 aliphatic carbocycles. The molecule has 21 heavy (non-hydrogen) atoms. The summed E-state index contributed by atoms with van der Waals surface area (Å²) in [4.78, 5) is 0. The van der Waals surface area contributed by atoms with Gasteiger partial charge in [0.1, 0.15) is 5.75 Å². The van der Waals surface area contributed by atoms with Crippen molar-refractivity contribution < 1.29 is 10.2 Å². The van der Waals surface area contributed by atoms with E-state index < -0.39 is 5.60 Å². The smallest absolute Gasteiger partial charge is 0.128 e. The normalized spacial score (nSPS) is 19.0. The summed E-state index contributed by atoms with van der Waals surface area (Å²) in [5.74, 6) is 0.339. The van der Waals surface area contributed by atoms with Crippen LogP contribution in [0.1, 0.15) is 44.2 Å². The number of aliphatic hydroxyl groups is 1. The van der Waals surface area contributed by atoms with E-state index in [9.17, 15) is 10.2 Å². The molecular weight excluding hydrogens is 262 g/mol. The van der Waals surface area contributed by atoms with Crippen LogP contribution >= 0.6 is 0 Å². The lowest BCUT2D eigenvalue weighted by molar-refractivity contribution is 0.0453. The summed E-state index contributed by atoms with van der Waals surface area (Å²) >= 11 is 0. The van der Waals surface area contributed by atoms with Gasteiger partial charge in [0.15, 0.2) is 0 Å². The predicted molar refractivity (Wildman–Crippen MR) is 85.4 cm³/mol. The second-order valence-corrected chi connectivity index (χ2v) is 6.26. The molecule has 0 radical (unpaired) electrons. The zero-order valence-electron chi connectivity index (χ0n) is 12.5. The van der Waals surface area contributed by atoms with Crippen LogP contribution in [-0.4, -0.2) is 22.4 Å². The molecule has 0 saturated heterocycles. The quantitative estimate of drug-likeness (QED) is 0.806. The summed E-state index contributed by atoms with van der Waals surface area (Å²) in [6.45, 7) is 2.61. The minimum absolute atomic E-state index is 0.0132. The molecule has 1 unspecified atom stereocenters. The number of aromatic hydroxyl groups is 1. The van der Waals surface area contributed by atoms with Crippen LogP contribution < -0.4 is 5.32 Å². The van der Waals surface area contributed by atoms with Crippen LogP contribution in [0, 0.1) is 0 Å². The zero-order valence-corrected chi connectivity index (χ0v) is 12.5. The lowest BCUT2D eigenvalue weighted by atomic mass is 9.99. The lowest BCUT2D eigenvalue weighted by Gasteiger charge is -2.26. The van der Waals surface area contributed by atoms with E-state index in [2.05, 4.69) is 5.32 Å². The van der Waals surface area contributed by atoms with Gasteiger partial charge < -0.3 is 15.5 Å². The van der Waals surface area contributed by atoms with Crippen LogP contribution in [0.5, 0.6) is 5.75 Å². The molecule has 1 fully saturated rings. The second-order valence-electron chi connectivity index (χ2n) is 6.26. The first-order valence-corrected chi connectivity index (χ1v) is 7.75. The minimum atomic E-state index is -0.569. The van der Waals surface area contributed by atoms with Crippen molar-refractivity contribution in [3.63, 3.8) is 0 Å². The van der Waals surface area contributed by atoms with Crippen LogP contribution in [0.2, 0.25) is 0 Å². The molecule has 0 bridgehead atoms. The Hall–Kier alpha value is -1.58. The van der Waals surface area contributed by atoms with Gasteiger partial charge in [0, 0.05) is 23.5 Å². The molecule has 3 rings (SSSR count). The van der Waals surface area contributed by atoms with Crippen LogP contribution in [0.3, 0.4) is 0 Å². The molecule has 1 atom stereocenters. The van der Waals surface area contributed by atoms with Gasteiger partial charge in [-0.1, -0.05) is 49.2 Å². The monoisotopic (exact) mass is 285 g/mol. The standard InChI is InChI=1S/C18H23NO2/c1-13(19-12-18(21)10-4-5-11-18)15-9-8-14-6-2-3-7-16(14)17(15)20/h2-3,6-9,13,19-21H,4-5,10-12H2,1H3. The molecule has 2 aromatic rings. The SMILES string of the molecule is CC(NCC1(O)CCCC1)c1ccc2ccccc2c1O. The van der Waals surface area contributed by atoms with Crippen molar-refractivity contribution >= 4 is 10.8 Å². The highest BCUT2D eigenvalue weighted by molar-refractivity contribution is 5.89. The molecule has 0 amide bonds.